The molecule has 0 heterocycles. The topological polar surface area (TPSA) is 21.7 Å². The number of nitrogens with zero attached hydrogens (tertiary/aromatic N) is 1. The van der Waals surface area contributed by atoms with Crippen LogP contribution in [-0.4, -0.2) is 57.4 Å². The number of rotatable bonds is 10. The summed E-state index contributed by atoms with van der Waals surface area (Å²) in [5.74, 6) is 3.01. The predicted octanol–water partition coefficient (Wildman–Crippen LogP) is 3.43. The number of hydrogen-bond acceptors (Lipinski definition) is 4. The lowest BCUT2D eigenvalue weighted by molar-refractivity contribution is 0.379. The van der Waals surface area contributed by atoms with Crippen LogP contribution in [0.2, 0.25) is 0 Å². The summed E-state index contributed by atoms with van der Waals surface area (Å²) in [4.78, 5) is 2.42. The third-order valence-electron chi connectivity index (χ3n) is 4.11. The Morgan fingerprint density at radius 3 is 1.96 bits per heavy atom. The third-order valence-corrected chi connectivity index (χ3v) is 7.15. The minimum absolute atomic E-state index is 0.451. The summed E-state index contributed by atoms with van der Waals surface area (Å²) in [6.07, 6.45) is 3.29. The zero-order chi connectivity index (χ0) is 18.1. The Morgan fingerprint density at radius 2 is 1.48 bits per heavy atom. The average Bonchev–Trinajstić information content (AvgIpc) is 2.66. The van der Waals surface area contributed by atoms with Gasteiger partial charge in [-0.2, -0.15) is 11.8 Å². The molecule has 0 saturated carbocycles. The molecule has 0 amide bonds. The van der Waals surface area contributed by atoms with Gasteiger partial charge in [-0.05, 0) is 62.3 Å². The molecule has 0 aliphatic heterocycles. The maximum Gasteiger partial charge on any atom is 0.119 e. The molecule has 0 saturated heterocycles. The molecule has 136 valence electrons. The van der Waals surface area contributed by atoms with Gasteiger partial charge in [0.1, 0.15) is 11.5 Å². The largest absolute Gasteiger partial charge is 0.497 e. The Kier molecular flexibility index (Phi) is 8.60. The number of thioether (sulfide) groups is 1. The van der Waals surface area contributed by atoms with Crippen molar-refractivity contribution in [2.45, 2.75) is 0 Å². The third kappa shape index (κ3) is 6.22. The van der Waals surface area contributed by atoms with Gasteiger partial charge in [-0.1, -0.05) is 24.3 Å². The normalized spacial score (nSPS) is 11.1. The lowest BCUT2D eigenvalue weighted by atomic mass is 10.3. The first-order valence-corrected chi connectivity index (χ1v) is 11.3. The molecule has 0 spiro atoms. The Labute approximate surface area is 157 Å². The fraction of sp³-hybridized carbons (Fsp3) is 0.400. The predicted molar refractivity (Wildman–Crippen MR) is 113 cm³/mol. The van der Waals surface area contributed by atoms with Gasteiger partial charge in [0.2, 0.25) is 0 Å². The summed E-state index contributed by atoms with van der Waals surface area (Å²) in [6, 6.07) is 17.0. The molecule has 2 aromatic carbocycles. The maximum atomic E-state index is 5.44. The van der Waals surface area contributed by atoms with E-state index in [1.807, 2.05) is 23.9 Å². The second kappa shape index (κ2) is 10.7. The van der Waals surface area contributed by atoms with Gasteiger partial charge in [-0.15, -0.1) is 0 Å². The first kappa shape index (κ1) is 20.1. The van der Waals surface area contributed by atoms with Crippen LogP contribution >= 0.6 is 19.7 Å². The van der Waals surface area contributed by atoms with Gasteiger partial charge in [-0.25, -0.2) is 0 Å². The first-order chi connectivity index (χ1) is 12.2. The van der Waals surface area contributed by atoms with Crippen molar-refractivity contribution in [2.75, 3.05) is 52.5 Å². The molecular weight excluding hydrogens is 349 g/mol. The standard InChI is InChI=1S/C20H28NO2PS/c1-21(12-14-25-4)11-13-24(19-9-5-7-17(15-19)22-2)20-10-6-8-18(16-20)23-3/h5-10,15-16H,11-14H2,1-4H3. The molecular formula is C20H28NO2PS. The molecule has 0 aliphatic rings. The highest BCUT2D eigenvalue weighted by molar-refractivity contribution is 7.98. The van der Waals surface area contributed by atoms with E-state index in [0.717, 1.165) is 30.8 Å². The molecule has 0 unspecified atom stereocenters. The quantitative estimate of drug-likeness (QED) is 0.592. The molecule has 0 aliphatic carbocycles. The van der Waals surface area contributed by atoms with Crippen molar-refractivity contribution in [1.82, 2.24) is 4.90 Å². The SMILES string of the molecule is COc1cccc(P(CCN(C)CCSC)c2cccc(OC)c2)c1. The van der Waals surface area contributed by atoms with Gasteiger partial charge in [0, 0.05) is 18.8 Å². The van der Waals surface area contributed by atoms with Crippen molar-refractivity contribution in [3.63, 3.8) is 0 Å². The van der Waals surface area contributed by atoms with Crippen LogP contribution in [0.3, 0.4) is 0 Å². The van der Waals surface area contributed by atoms with Crippen LogP contribution in [0.1, 0.15) is 0 Å². The lowest BCUT2D eigenvalue weighted by Gasteiger charge is -2.23. The Hall–Kier alpha value is -1.22. The fourth-order valence-corrected chi connectivity index (χ4v) is 5.54. The Balaban J connectivity index is 2.23. The number of methoxy groups -OCH3 is 2. The zero-order valence-electron chi connectivity index (χ0n) is 15.6. The minimum atomic E-state index is -0.451. The van der Waals surface area contributed by atoms with E-state index >= 15 is 0 Å². The van der Waals surface area contributed by atoms with E-state index in [1.54, 1.807) is 14.2 Å². The lowest BCUT2D eigenvalue weighted by Crippen LogP contribution is -2.27. The molecule has 3 nitrogen and oxygen atoms in total. The van der Waals surface area contributed by atoms with E-state index in [-0.39, 0.29) is 0 Å². The van der Waals surface area contributed by atoms with Gasteiger partial charge >= 0.3 is 0 Å². The van der Waals surface area contributed by atoms with E-state index in [4.69, 9.17) is 9.47 Å². The molecule has 2 aromatic rings. The molecule has 0 bridgehead atoms. The van der Waals surface area contributed by atoms with Crippen LogP contribution in [0, 0.1) is 0 Å². The second-order valence-corrected chi connectivity index (χ2v) is 9.17. The van der Waals surface area contributed by atoms with Crippen molar-refractivity contribution >= 4 is 30.3 Å². The highest BCUT2D eigenvalue weighted by atomic mass is 32.2. The van der Waals surface area contributed by atoms with Crippen LogP contribution in [-0.2, 0) is 0 Å². The van der Waals surface area contributed by atoms with Gasteiger partial charge in [0.15, 0.2) is 0 Å². The summed E-state index contributed by atoms with van der Waals surface area (Å²) in [5.41, 5.74) is 0. The van der Waals surface area contributed by atoms with E-state index in [1.165, 1.54) is 16.4 Å². The highest BCUT2D eigenvalue weighted by Crippen LogP contribution is 2.35. The van der Waals surface area contributed by atoms with Gasteiger partial charge in [0.25, 0.3) is 0 Å². The van der Waals surface area contributed by atoms with Gasteiger partial charge in [-0.3, -0.25) is 0 Å². The minimum Gasteiger partial charge on any atom is -0.497 e. The van der Waals surface area contributed by atoms with E-state index in [9.17, 15) is 0 Å². The Morgan fingerprint density at radius 1 is 0.920 bits per heavy atom. The van der Waals surface area contributed by atoms with Gasteiger partial charge < -0.3 is 14.4 Å². The monoisotopic (exact) mass is 377 g/mol. The molecule has 0 fully saturated rings. The van der Waals surface area contributed by atoms with Crippen molar-refractivity contribution in [3.8, 4) is 11.5 Å². The van der Waals surface area contributed by atoms with Crippen LogP contribution < -0.4 is 20.1 Å². The average molecular weight is 377 g/mol. The van der Waals surface area contributed by atoms with E-state index in [2.05, 4.69) is 54.6 Å². The van der Waals surface area contributed by atoms with Crippen LogP contribution in [0.5, 0.6) is 11.5 Å². The van der Waals surface area contributed by atoms with Crippen molar-refractivity contribution < 1.29 is 9.47 Å². The van der Waals surface area contributed by atoms with Crippen molar-refractivity contribution in [1.29, 1.82) is 0 Å². The summed E-state index contributed by atoms with van der Waals surface area (Å²) < 4.78 is 10.9. The van der Waals surface area contributed by atoms with E-state index in [0.29, 0.717) is 0 Å². The summed E-state index contributed by atoms with van der Waals surface area (Å²) >= 11 is 1.90. The molecule has 25 heavy (non-hydrogen) atoms. The van der Waals surface area contributed by atoms with Crippen molar-refractivity contribution in [3.05, 3.63) is 48.5 Å². The van der Waals surface area contributed by atoms with Crippen LogP contribution in [0.25, 0.3) is 0 Å². The molecule has 0 atom stereocenters. The van der Waals surface area contributed by atoms with Crippen LogP contribution in [0.15, 0.2) is 48.5 Å². The number of hydrogen-bond donors (Lipinski definition) is 0. The second-order valence-electron chi connectivity index (χ2n) is 5.85. The number of ether oxygens (including phenoxy) is 2. The summed E-state index contributed by atoms with van der Waals surface area (Å²) in [7, 11) is 5.21. The summed E-state index contributed by atoms with van der Waals surface area (Å²) in [5, 5.41) is 2.70. The molecule has 0 aromatic heterocycles. The molecule has 0 N–H and O–H groups in total. The smallest absolute Gasteiger partial charge is 0.119 e. The molecule has 2 rings (SSSR count). The molecule has 5 heteroatoms. The number of benzene rings is 2. The van der Waals surface area contributed by atoms with Crippen molar-refractivity contribution in [2.24, 2.45) is 0 Å². The van der Waals surface area contributed by atoms with Crippen LogP contribution in [0.4, 0.5) is 0 Å². The maximum absolute atomic E-state index is 5.44. The summed E-state index contributed by atoms with van der Waals surface area (Å²) in [6.45, 7) is 2.21. The molecule has 0 radical (unpaired) electrons. The fourth-order valence-electron chi connectivity index (χ4n) is 2.59. The van der Waals surface area contributed by atoms with Gasteiger partial charge in [0.05, 0.1) is 14.2 Å². The highest BCUT2D eigenvalue weighted by Gasteiger charge is 2.16. The van der Waals surface area contributed by atoms with E-state index < -0.39 is 7.92 Å². The zero-order valence-corrected chi connectivity index (χ0v) is 17.3. The Bertz CT molecular complexity index is 606. The first-order valence-electron chi connectivity index (χ1n) is 8.41.